The summed E-state index contributed by atoms with van der Waals surface area (Å²) in [6.45, 7) is 4.68. The van der Waals surface area contributed by atoms with E-state index in [-0.39, 0.29) is 29.2 Å². The second-order valence-electron chi connectivity index (χ2n) is 12.5. The number of anilines is 1. The third-order valence-corrected chi connectivity index (χ3v) is 12.3. The maximum absolute atomic E-state index is 14.6. The minimum Gasteiger partial charge on any atom is -0.477 e. The van der Waals surface area contributed by atoms with E-state index in [1.807, 2.05) is 16.4 Å². The maximum atomic E-state index is 14.6. The van der Waals surface area contributed by atoms with E-state index in [0.29, 0.717) is 41.4 Å². The van der Waals surface area contributed by atoms with Crippen LogP contribution in [0.4, 0.5) is 10.1 Å². The number of β-lactam (4-membered cyclic amide) rings is 1. The van der Waals surface area contributed by atoms with Gasteiger partial charge >= 0.3 is 11.9 Å². The highest BCUT2D eigenvalue weighted by molar-refractivity contribution is 8.01. The lowest BCUT2D eigenvalue weighted by Crippen LogP contribution is -2.70. The number of halogens is 1. The van der Waals surface area contributed by atoms with Crippen molar-refractivity contribution >= 4 is 75.2 Å². The summed E-state index contributed by atoms with van der Waals surface area (Å²) in [7, 11) is 0. The molecule has 3 aliphatic heterocycles. The molecule has 278 valence electrons. The molecule has 4 N–H and O–H groups in total. The average Bonchev–Trinajstić information content (AvgIpc) is 3.70. The van der Waals surface area contributed by atoms with Crippen LogP contribution in [0.2, 0.25) is 0 Å². The van der Waals surface area contributed by atoms with Crippen molar-refractivity contribution in [3.05, 3.63) is 62.5 Å². The van der Waals surface area contributed by atoms with Gasteiger partial charge < -0.3 is 30.3 Å². The van der Waals surface area contributed by atoms with Crippen LogP contribution >= 0.6 is 34.9 Å². The number of aryl methyl sites for hydroxylation is 1. The molecule has 3 aromatic heterocycles. The fourth-order valence-electron chi connectivity index (χ4n) is 6.21. The summed E-state index contributed by atoms with van der Waals surface area (Å²) < 4.78 is 18.4. The van der Waals surface area contributed by atoms with Crippen molar-refractivity contribution in [2.24, 2.45) is 0 Å². The molecular weight excluding hydrogens is 754 g/mol. The Morgan fingerprint density at radius 2 is 1.89 bits per heavy atom. The largest absolute Gasteiger partial charge is 0.477 e. The van der Waals surface area contributed by atoms with Crippen LogP contribution in [0.1, 0.15) is 34.2 Å². The van der Waals surface area contributed by atoms with E-state index >= 15 is 0 Å². The lowest BCUT2D eigenvalue weighted by atomic mass is 10.0. The molecule has 18 nitrogen and oxygen atoms in total. The summed E-state index contributed by atoms with van der Waals surface area (Å²) in [5.74, 6) is -2.94. The Bertz CT molecular complexity index is 2180. The van der Waals surface area contributed by atoms with E-state index in [2.05, 4.69) is 36.4 Å². The SMILES string of the molecule is Cc1nnc(SCC2=C(C(=O)O)N3C(=O)[C@@H](NC(=O)Cn4cnnn4)[C@H]3SC2)s1.O=C(O)c1cn(C2CC2)c2cc(N3CCNCC3)c(F)cc2c1=O. The van der Waals surface area contributed by atoms with Crippen LogP contribution in [0.25, 0.3) is 10.9 Å². The van der Waals surface area contributed by atoms with Crippen LogP contribution < -0.4 is 21.0 Å². The van der Waals surface area contributed by atoms with Crippen LogP contribution in [-0.4, -0.2) is 123 Å². The molecule has 22 heteroatoms. The molecule has 0 radical (unpaired) electrons. The van der Waals surface area contributed by atoms with Crippen LogP contribution in [0.5, 0.6) is 0 Å². The lowest BCUT2D eigenvalue weighted by Gasteiger charge is -2.49. The molecule has 2 amide bonds. The highest BCUT2D eigenvalue weighted by Gasteiger charge is 2.54. The number of aromatic nitrogens is 7. The van der Waals surface area contributed by atoms with Crippen molar-refractivity contribution in [3.63, 3.8) is 0 Å². The van der Waals surface area contributed by atoms with Crippen molar-refractivity contribution in [1.29, 1.82) is 0 Å². The van der Waals surface area contributed by atoms with E-state index in [1.165, 1.54) is 63.0 Å². The molecule has 1 aliphatic carbocycles. The number of tetrazole rings is 1. The van der Waals surface area contributed by atoms with Gasteiger partial charge in [0.2, 0.25) is 11.3 Å². The van der Waals surface area contributed by atoms with Crippen LogP contribution in [0, 0.1) is 12.7 Å². The molecule has 53 heavy (non-hydrogen) atoms. The Labute approximate surface area is 311 Å². The first kappa shape index (κ1) is 36.4. The summed E-state index contributed by atoms with van der Waals surface area (Å²) in [5, 5.41) is 43.7. The van der Waals surface area contributed by atoms with Crippen molar-refractivity contribution in [1.82, 2.24) is 50.5 Å². The number of nitrogens with one attached hydrogen (secondary N) is 2. The number of piperazine rings is 1. The normalized spacial score (nSPS) is 19.7. The van der Waals surface area contributed by atoms with Crippen molar-refractivity contribution in [2.75, 3.05) is 42.6 Å². The Hall–Kier alpha value is -4.93. The predicted molar refractivity (Wildman–Crippen MR) is 191 cm³/mol. The molecule has 1 aromatic carbocycles. The summed E-state index contributed by atoms with van der Waals surface area (Å²) in [5.41, 5.74) is 0.786. The van der Waals surface area contributed by atoms with E-state index in [9.17, 15) is 38.6 Å². The summed E-state index contributed by atoms with van der Waals surface area (Å²) >= 11 is 4.24. The van der Waals surface area contributed by atoms with Gasteiger partial charge in [-0.05, 0) is 47.9 Å². The van der Waals surface area contributed by atoms with E-state index < -0.39 is 46.4 Å². The first-order valence-corrected chi connectivity index (χ1v) is 19.3. The highest BCUT2D eigenvalue weighted by Crippen LogP contribution is 2.42. The van der Waals surface area contributed by atoms with Gasteiger partial charge in [0.1, 0.15) is 46.4 Å². The van der Waals surface area contributed by atoms with Crippen LogP contribution in [-0.2, 0) is 20.9 Å². The number of carbonyl (C=O) groups is 4. The molecule has 1 saturated carbocycles. The van der Waals surface area contributed by atoms with Gasteiger partial charge in [-0.15, -0.1) is 27.1 Å². The summed E-state index contributed by atoms with van der Waals surface area (Å²) in [4.78, 5) is 63.5. The molecule has 0 spiro atoms. The van der Waals surface area contributed by atoms with Crippen molar-refractivity contribution in [2.45, 2.75) is 48.1 Å². The average molecular weight is 786 g/mol. The minimum absolute atomic E-state index is 0.0153. The van der Waals surface area contributed by atoms with Crippen molar-refractivity contribution < 1.29 is 33.8 Å². The molecule has 8 rings (SSSR count). The van der Waals surface area contributed by atoms with Gasteiger partial charge in [0.15, 0.2) is 4.34 Å². The Morgan fingerprint density at radius 1 is 1.11 bits per heavy atom. The van der Waals surface area contributed by atoms with E-state index in [1.54, 1.807) is 6.07 Å². The molecule has 4 aliphatic rings. The van der Waals surface area contributed by atoms with Gasteiger partial charge in [0, 0.05) is 55.3 Å². The maximum Gasteiger partial charge on any atom is 0.352 e. The zero-order chi connectivity index (χ0) is 37.4. The Balaban J connectivity index is 0.000000167. The standard InChI is InChI=1S/C17H18FN3O3.C14H14N8O4S3/c18-13-7-11-14(8-15(13)20-5-3-19-4-6-20)21(10-1-2-10)9-12(16(11)22)17(23)24;1-6-17-18-14(29-6)28-4-7-3-27-12-9(11(24)22(12)10(7)13(25)26)16-8(23)2-21-5-15-19-20-21/h7-10,19H,1-6H2,(H,23,24);5,9,12H,2-4H2,1H3,(H,16,23)(H,25,26)/t;9-,12-/m.1/s1. The number of aliphatic carboxylic acids is 1. The second kappa shape index (κ2) is 15.2. The van der Waals surface area contributed by atoms with Gasteiger partial charge in [-0.1, -0.05) is 23.1 Å². The zero-order valence-electron chi connectivity index (χ0n) is 28.0. The van der Waals surface area contributed by atoms with Crippen LogP contribution in [0.3, 0.4) is 0 Å². The topological polar surface area (TPSA) is 231 Å². The van der Waals surface area contributed by atoms with Gasteiger partial charge in [-0.25, -0.2) is 18.7 Å². The number of amides is 2. The number of fused-ring (bicyclic) bond motifs is 2. The molecule has 0 bridgehead atoms. The first-order valence-electron chi connectivity index (χ1n) is 16.4. The molecular formula is C31H32FN11O7S3. The fraction of sp³-hybridized carbons (Fsp3) is 0.419. The molecule has 0 unspecified atom stereocenters. The number of benzene rings is 1. The third kappa shape index (κ3) is 7.61. The highest BCUT2D eigenvalue weighted by atomic mass is 32.2. The number of nitrogens with zero attached hydrogens (tertiary/aromatic N) is 9. The minimum atomic E-state index is -1.28. The predicted octanol–water partition coefficient (Wildman–Crippen LogP) is 0.947. The van der Waals surface area contributed by atoms with Crippen LogP contribution in [0.15, 0.2) is 45.1 Å². The third-order valence-electron chi connectivity index (χ3n) is 8.87. The van der Waals surface area contributed by atoms with Crippen molar-refractivity contribution in [3.8, 4) is 0 Å². The molecule has 2 saturated heterocycles. The summed E-state index contributed by atoms with van der Waals surface area (Å²) in [6.07, 6.45) is 4.58. The second-order valence-corrected chi connectivity index (χ2v) is 16.0. The quantitative estimate of drug-likeness (QED) is 0.130. The van der Waals surface area contributed by atoms with Gasteiger partial charge in [-0.2, -0.15) is 0 Å². The van der Waals surface area contributed by atoms with Gasteiger partial charge in [0.25, 0.3) is 5.91 Å². The number of rotatable bonds is 10. The molecule has 4 aromatic rings. The number of hydrogen-bond acceptors (Lipinski definition) is 15. The number of aromatic carboxylic acids is 1. The van der Waals surface area contributed by atoms with Gasteiger partial charge in [-0.3, -0.25) is 19.3 Å². The number of carbonyl (C=O) groups excluding carboxylic acids is 2. The number of carboxylic acid groups (broad SMARTS) is 2. The molecule has 2 atom stereocenters. The van der Waals surface area contributed by atoms with E-state index in [0.717, 1.165) is 35.3 Å². The lowest BCUT2D eigenvalue weighted by molar-refractivity contribution is -0.150. The monoisotopic (exact) mass is 785 g/mol. The fourth-order valence-corrected chi connectivity index (χ4v) is 9.51. The Morgan fingerprint density at radius 3 is 2.53 bits per heavy atom. The molecule has 3 fully saturated rings. The Kier molecular flexibility index (Phi) is 10.4. The smallest absolute Gasteiger partial charge is 0.352 e. The van der Waals surface area contributed by atoms with E-state index in [4.69, 9.17) is 0 Å². The number of pyridine rings is 1. The zero-order valence-corrected chi connectivity index (χ0v) is 30.4. The number of hydrogen-bond donors (Lipinski definition) is 4. The first-order chi connectivity index (χ1) is 25.5. The molecule has 6 heterocycles. The number of thioether (sulfide) groups is 2. The number of carboxylic acids is 2. The summed E-state index contributed by atoms with van der Waals surface area (Å²) in [6, 6.07) is 2.30. The van der Waals surface area contributed by atoms with Gasteiger partial charge in [0.05, 0.1) is 11.2 Å².